The van der Waals surface area contributed by atoms with Gasteiger partial charge in [-0.15, -0.1) is 0 Å². The van der Waals surface area contributed by atoms with E-state index in [9.17, 15) is 0 Å². The van der Waals surface area contributed by atoms with Gasteiger partial charge >= 0.3 is 0 Å². The van der Waals surface area contributed by atoms with Crippen LogP contribution in [0.2, 0.25) is 0 Å². The fraction of sp³-hybridized carbons (Fsp3) is 0.929. The normalized spacial score (nSPS) is 21.6. The molecule has 0 spiro atoms. The van der Waals surface area contributed by atoms with Crippen LogP contribution in [-0.4, -0.2) is 35.7 Å². The minimum atomic E-state index is 0.234. The molecule has 0 saturated carbocycles. The van der Waals surface area contributed by atoms with Gasteiger partial charge in [0, 0.05) is 25.6 Å². The number of hydrogen-bond acceptors (Lipinski definition) is 3. The average molecular weight is 238 g/mol. The van der Waals surface area contributed by atoms with Crippen LogP contribution in [0.4, 0.5) is 0 Å². The monoisotopic (exact) mass is 238 g/mol. The maximum atomic E-state index is 8.91. The smallest absolute Gasteiger partial charge is 0.0621 e. The zero-order chi connectivity index (χ0) is 12.7. The Morgan fingerprint density at radius 3 is 2.88 bits per heavy atom. The Bertz CT molecular complexity index is 257. The molecule has 0 radical (unpaired) electrons. The Hall–Kier alpha value is -0.590. The standard InChI is InChI=1S/C14H26N2O/c1-14(2,8-5-9-15)12-16-10-3-6-13(16)7-4-11-17/h13,17H,3-8,10-12H2,1-2H3. The Kier molecular flexibility index (Phi) is 5.94. The van der Waals surface area contributed by atoms with Crippen LogP contribution >= 0.6 is 0 Å². The largest absolute Gasteiger partial charge is 0.396 e. The van der Waals surface area contributed by atoms with Crippen LogP contribution in [0.15, 0.2) is 0 Å². The predicted molar refractivity (Wildman–Crippen MR) is 69.5 cm³/mol. The molecular formula is C14H26N2O. The second-order valence-electron chi connectivity index (χ2n) is 5.95. The maximum Gasteiger partial charge on any atom is 0.0621 e. The van der Waals surface area contributed by atoms with Gasteiger partial charge in [-0.3, -0.25) is 4.90 Å². The molecule has 1 heterocycles. The highest BCUT2D eigenvalue weighted by Gasteiger charge is 2.29. The summed E-state index contributed by atoms with van der Waals surface area (Å²) < 4.78 is 0. The lowest BCUT2D eigenvalue weighted by molar-refractivity contribution is 0.146. The fourth-order valence-corrected chi connectivity index (χ4v) is 2.78. The lowest BCUT2D eigenvalue weighted by Crippen LogP contribution is -2.37. The fourth-order valence-electron chi connectivity index (χ4n) is 2.78. The first kappa shape index (κ1) is 14.5. The van der Waals surface area contributed by atoms with Crippen molar-refractivity contribution in [2.45, 2.75) is 58.4 Å². The van der Waals surface area contributed by atoms with E-state index >= 15 is 0 Å². The molecule has 3 heteroatoms. The van der Waals surface area contributed by atoms with Crippen molar-refractivity contribution in [2.75, 3.05) is 19.7 Å². The van der Waals surface area contributed by atoms with Gasteiger partial charge < -0.3 is 5.11 Å². The number of nitriles is 1. The Labute approximate surface area is 105 Å². The second-order valence-corrected chi connectivity index (χ2v) is 5.95. The van der Waals surface area contributed by atoms with E-state index in [1.807, 2.05) is 0 Å². The molecule has 1 N–H and O–H groups in total. The van der Waals surface area contributed by atoms with Gasteiger partial charge in [0.15, 0.2) is 0 Å². The molecule has 1 fully saturated rings. The van der Waals surface area contributed by atoms with Crippen LogP contribution in [0.25, 0.3) is 0 Å². The molecule has 1 aliphatic rings. The number of aliphatic hydroxyl groups is 1. The van der Waals surface area contributed by atoms with E-state index in [0.29, 0.717) is 19.1 Å². The third-order valence-electron chi connectivity index (χ3n) is 3.74. The third kappa shape index (κ3) is 5.06. The first-order valence-electron chi connectivity index (χ1n) is 6.81. The van der Waals surface area contributed by atoms with Crippen LogP contribution in [0.3, 0.4) is 0 Å². The highest BCUT2D eigenvalue weighted by Crippen LogP contribution is 2.29. The Morgan fingerprint density at radius 1 is 1.47 bits per heavy atom. The van der Waals surface area contributed by atoms with Crippen LogP contribution in [-0.2, 0) is 0 Å². The molecule has 1 aliphatic heterocycles. The Balaban J connectivity index is 2.40. The number of aliphatic hydroxyl groups excluding tert-OH is 1. The first-order valence-corrected chi connectivity index (χ1v) is 6.81. The molecule has 1 rings (SSSR count). The van der Waals surface area contributed by atoms with Crippen molar-refractivity contribution < 1.29 is 5.11 Å². The van der Waals surface area contributed by atoms with Crippen molar-refractivity contribution in [2.24, 2.45) is 5.41 Å². The molecule has 0 aromatic heterocycles. The molecule has 0 aliphatic carbocycles. The summed E-state index contributed by atoms with van der Waals surface area (Å²) in [6.45, 7) is 7.09. The quantitative estimate of drug-likeness (QED) is 0.741. The van der Waals surface area contributed by atoms with E-state index in [4.69, 9.17) is 10.4 Å². The molecule has 0 aromatic carbocycles. The summed E-state index contributed by atoms with van der Waals surface area (Å²) in [5.74, 6) is 0. The zero-order valence-corrected chi connectivity index (χ0v) is 11.3. The highest BCUT2D eigenvalue weighted by atomic mass is 16.2. The minimum absolute atomic E-state index is 0.234. The van der Waals surface area contributed by atoms with Gasteiger partial charge in [-0.2, -0.15) is 5.26 Å². The Morgan fingerprint density at radius 2 is 2.24 bits per heavy atom. The van der Waals surface area contributed by atoms with Crippen LogP contribution < -0.4 is 0 Å². The molecule has 3 nitrogen and oxygen atoms in total. The SMILES string of the molecule is CC(C)(CCC#N)CN1CCCC1CCCO. The highest BCUT2D eigenvalue weighted by molar-refractivity contribution is 4.85. The minimum Gasteiger partial charge on any atom is -0.396 e. The van der Waals surface area contributed by atoms with E-state index in [-0.39, 0.29) is 5.41 Å². The van der Waals surface area contributed by atoms with E-state index < -0.39 is 0 Å². The summed E-state index contributed by atoms with van der Waals surface area (Å²) in [6, 6.07) is 2.90. The van der Waals surface area contributed by atoms with E-state index in [1.165, 1.54) is 19.4 Å². The molecule has 1 saturated heterocycles. The van der Waals surface area contributed by atoms with Crippen molar-refractivity contribution in [3.05, 3.63) is 0 Å². The van der Waals surface area contributed by atoms with E-state index in [2.05, 4.69) is 24.8 Å². The molecule has 98 valence electrons. The van der Waals surface area contributed by atoms with Crippen molar-refractivity contribution in [1.82, 2.24) is 4.90 Å². The third-order valence-corrected chi connectivity index (χ3v) is 3.74. The van der Waals surface area contributed by atoms with Gasteiger partial charge in [0.1, 0.15) is 0 Å². The summed E-state index contributed by atoms with van der Waals surface area (Å²) in [6.07, 6.45) is 6.22. The average Bonchev–Trinajstić information content (AvgIpc) is 2.70. The topological polar surface area (TPSA) is 47.3 Å². The van der Waals surface area contributed by atoms with E-state index in [1.54, 1.807) is 0 Å². The van der Waals surface area contributed by atoms with Gasteiger partial charge in [0.2, 0.25) is 0 Å². The summed E-state index contributed by atoms with van der Waals surface area (Å²) in [5, 5.41) is 17.6. The molecule has 0 amide bonds. The lowest BCUT2D eigenvalue weighted by Gasteiger charge is -2.33. The summed E-state index contributed by atoms with van der Waals surface area (Å²) in [4.78, 5) is 2.56. The molecule has 0 aromatic rings. The van der Waals surface area contributed by atoms with Crippen molar-refractivity contribution in [3.63, 3.8) is 0 Å². The molecule has 17 heavy (non-hydrogen) atoms. The molecule has 1 atom stereocenters. The van der Waals surface area contributed by atoms with Gasteiger partial charge in [0.25, 0.3) is 0 Å². The van der Waals surface area contributed by atoms with Crippen LogP contribution in [0.5, 0.6) is 0 Å². The maximum absolute atomic E-state index is 8.91. The van der Waals surface area contributed by atoms with Crippen LogP contribution in [0.1, 0.15) is 52.4 Å². The van der Waals surface area contributed by atoms with Gasteiger partial charge in [-0.1, -0.05) is 13.8 Å². The number of nitrogens with zero attached hydrogens (tertiary/aromatic N) is 2. The van der Waals surface area contributed by atoms with Crippen molar-refractivity contribution in [3.8, 4) is 6.07 Å². The first-order chi connectivity index (χ1) is 8.09. The molecule has 1 unspecified atom stereocenters. The lowest BCUT2D eigenvalue weighted by atomic mass is 9.87. The molecule has 0 bridgehead atoms. The van der Waals surface area contributed by atoms with Gasteiger partial charge in [-0.05, 0) is 44.1 Å². The number of rotatable bonds is 7. The second kappa shape index (κ2) is 6.98. The van der Waals surface area contributed by atoms with Crippen molar-refractivity contribution in [1.29, 1.82) is 5.26 Å². The number of hydrogen-bond donors (Lipinski definition) is 1. The summed E-state index contributed by atoms with van der Waals surface area (Å²) in [5.41, 5.74) is 0.234. The van der Waals surface area contributed by atoms with Gasteiger partial charge in [-0.25, -0.2) is 0 Å². The van der Waals surface area contributed by atoms with Crippen molar-refractivity contribution >= 4 is 0 Å². The van der Waals surface area contributed by atoms with Crippen LogP contribution in [0, 0.1) is 16.7 Å². The number of likely N-dealkylation sites (tertiary alicyclic amines) is 1. The zero-order valence-electron chi connectivity index (χ0n) is 11.3. The summed E-state index contributed by atoms with van der Waals surface area (Å²) in [7, 11) is 0. The predicted octanol–water partition coefficient (Wildman–Crippen LogP) is 2.55. The van der Waals surface area contributed by atoms with E-state index in [0.717, 1.165) is 25.8 Å². The van der Waals surface area contributed by atoms with Gasteiger partial charge in [0.05, 0.1) is 6.07 Å². The molecular weight excluding hydrogens is 212 g/mol. The summed E-state index contributed by atoms with van der Waals surface area (Å²) >= 11 is 0.